The number of benzene rings is 4. The van der Waals surface area contributed by atoms with Crippen molar-refractivity contribution in [2.45, 2.75) is 6.92 Å². The molecule has 0 bridgehead atoms. The molecule has 2 aromatic heterocycles. The number of aromatic carboxylic acids is 1. The highest BCUT2D eigenvalue weighted by Gasteiger charge is 2.15. The number of hydrazone groups is 1. The number of furan rings is 1. The van der Waals surface area contributed by atoms with E-state index in [2.05, 4.69) is 51.5 Å². The second-order valence-corrected chi connectivity index (χ2v) is 9.95. The highest BCUT2D eigenvalue weighted by molar-refractivity contribution is 5.95. The molecule has 0 aliphatic carbocycles. The number of rotatable bonds is 8. The Morgan fingerprint density at radius 1 is 0.744 bits per heavy atom. The van der Waals surface area contributed by atoms with Crippen molar-refractivity contribution in [2.24, 2.45) is 5.10 Å². The maximum absolute atomic E-state index is 12.9. The predicted octanol–water partition coefficient (Wildman–Crippen LogP) is 7.84. The zero-order valence-electron chi connectivity index (χ0n) is 23.3. The summed E-state index contributed by atoms with van der Waals surface area (Å²) in [5.74, 6) is -0.311. The molecule has 0 saturated heterocycles. The van der Waals surface area contributed by atoms with E-state index < -0.39 is 5.97 Å². The fraction of sp³-hybridized carbons (Fsp3) is 0.0278. The van der Waals surface area contributed by atoms with Gasteiger partial charge in [-0.15, -0.1) is 0 Å². The summed E-state index contributed by atoms with van der Waals surface area (Å²) >= 11 is 0. The summed E-state index contributed by atoms with van der Waals surface area (Å²) in [6.45, 7) is 1.82. The zero-order chi connectivity index (χ0) is 29.8. The molecule has 0 radical (unpaired) electrons. The number of amides is 1. The zero-order valence-corrected chi connectivity index (χ0v) is 23.3. The van der Waals surface area contributed by atoms with Crippen molar-refractivity contribution >= 4 is 18.1 Å². The van der Waals surface area contributed by atoms with Gasteiger partial charge in [-0.05, 0) is 84.3 Å². The van der Waals surface area contributed by atoms with E-state index in [1.807, 2.05) is 55.5 Å². The first-order valence-electron chi connectivity index (χ1n) is 13.7. The normalized spacial score (nSPS) is 11.1. The van der Waals surface area contributed by atoms with Gasteiger partial charge in [-0.2, -0.15) is 5.10 Å². The standard InChI is InChI=1S/C36H27N3O4/c1-24-22-28(36(41)42)14-18-31(24)34-21-17-30(43-34)23-37-38-35(40)27-12-15-29(16-13-27)39-32(25-8-4-2-5-9-25)19-20-33(39)26-10-6-3-7-11-26/h2-23H,1H3,(H,38,40)(H,41,42)/b37-23-. The fourth-order valence-corrected chi connectivity index (χ4v) is 5.00. The molecule has 1 amide bonds. The molecule has 43 heavy (non-hydrogen) atoms. The third-order valence-electron chi connectivity index (χ3n) is 7.13. The molecule has 2 heterocycles. The van der Waals surface area contributed by atoms with Crippen molar-refractivity contribution in [1.29, 1.82) is 0 Å². The van der Waals surface area contributed by atoms with Crippen LogP contribution in [0.1, 0.15) is 32.0 Å². The molecule has 0 aliphatic heterocycles. The Hall–Kier alpha value is -5.95. The molecule has 0 unspecified atom stereocenters. The van der Waals surface area contributed by atoms with Gasteiger partial charge in [-0.25, -0.2) is 10.2 Å². The molecule has 0 saturated carbocycles. The summed E-state index contributed by atoms with van der Waals surface area (Å²) < 4.78 is 8.03. The number of carboxylic acid groups (broad SMARTS) is 1. The number of nitrogens with zero attached hydrogens (tertiary/aromatic N) is 2. The van der Waals surface area contributed by atoms with Gasteiger partial charge in [-0.1, -0.05) is 66.7 Å². The van der Waals surface area contributed by atoms with Gasteiger partial charge >= 0.3 is 5.97 Å². The first kappa shape index (κ1) is 27.2. The molecule has 6 aromatic rings. The minimum Gasteiger partial charge on any atom is -0.478 e. The van der Waals surface area contributed by atoms with E-state index in [-0.39, 0.29) is 11.5 Å². The number of carboxylic acids is 1. The van der Waals surface area contributed by atoms with Crippen molar-refractivity contribution < 1.29 is 19.1 Å². The highest BCUT2D eigenvalue weighted by atomic mass is 16.4. The van der Waals surface area contributed by atoms with Crippen LogP contribution in [0.5, 0.6) is 0 Å². The van der Waals surface area contributed by atoms with E-state index in [4.69, 9.17) is 4.42 Å². The average Bonchev–Trinajstić information content (AvgIpc) is 3.70. The SMILES string of the molecule is Cc1cc(C(=O)O)ccc1-c1ccc(/C=N\NC(=O)c2ccc(-n3c(-c4ccccc4)ccc3-c3ccccc3)cc2)o1. The molecule has 0 fully saturated rings. The number of aromatic nitrogens is 1. The van der Waals surface area contributed by atoms with Gasteiger partial charge in [0.25, 0.3) is 5.91 Å². The first-order valence-corrected chi connectivity index (χ1v) is 13.7. The molecule has 2 N–H and O–H groups in total. The summed E-state index contributed by atoms with van der Waals surface area (Å²) in [5, 5.41) is 13.3. The quantitative estimate of drug-likeness (QED) is 0.145. The lowest BCUT2D eigenvalue weighted by atomic mass is 10.0. The Bertz CT molecular complexity index is 1880. The Morgan fingerprint density at radius 3 is 1.93 bits per heavy atom. The maximum Gasteiger partial charge on any atom is 0.335 e. The molecular weight excluding hydrogens is 538 g/mol. The van der Waals surface area contributed by atoms with E-state index in [0.29, 0.717) is 17.1 Å². The van der Waals surface area contributed by atoms with Crippen molar-refractivity contribution in [2.75, 3.05) is 0 Å². The van der Waals surface area contributed by atoms with E-state index in [0.717, 1.165) is 39.3 Å². The minimum atomic E-state index is -0.981. The second-order valence-electron chi connectivity index (χ2n) is 9.95. The molecule has 0 aliphatic rings. The molecule has 7 heteroatoms. The summed E-state index contributed by atoms with van der Waals surface area (Å²) in [5.41, 5.74) is 10.0. The third-order valence-corrected chi connectivity index (χ3v) is 7.13. The van der Waals surface area contributed by atoms with E-state index in [1.165, 1.54) is 12.3 Å². The average molecular weight is 566 g/mol. The number of carbonyl (C=O) groups excluding carboxylic acids is 1. The Labute approximate surface area is 248 Å². The lowest BCUT2D eigenvalue weighted by Gasteiger charge is -2.15. The van der Waals surface area contributed by atoms with Gasteiger partial charge in [-0.3, -0.25) is 4.79 Å². The Kier molecular flexibility index (Phi) is 7.53. The van der Waals surface area contributed by atoms with Crippen LogP contribution in [-0.4, -0.2) is 27.8 Å². The summed E-state index contributed by atoms with van der Waals surface area (Å²) in [4.78, 5) is 24.1. The van der Waals surface area contributed by atoms with Crippen LogP contribution in [0, 0.1) is 6.92 Å². The number of carbonyl (C=O) groups is 2. The van der Waals surface area contributed by atoms with Crippen molar-refractivity contribution in [3.63, 3.8) is 0 Å². The maximum atomic E-state index is 12.9. The van der Waals surface area contributed by atoms with Crippen LogP contribution in [0.2, 0.25) is 0 Å². The molecule has 0 spiro atoms. The Morgan fingerprint density at radius 2 is 1.35 bits per heavy atom. The van der Waals surface area contributed by atoms with Gasteiger partial charge in [0.15, 0.2) is 0 Å². The summed E-state index contributed by atoms with van der Waals surface area (Å²) in [6.07, 6.45) is 1.43. The van der Waals surface area contributed by atoms with Gasteiger partial charge in [0.2, 0.25) is 0 Å². The number of hydrogen-bond donors (Lipinski definition) is 2. The minimum absolute atomic E-state index is 0.215. The fourth-order valence-electron chi connectivity index (χ4n) is 5.00. The van der Waals surface area contributed by atoms with Crippen LogP contribution >= 0.6 is 0 Å². The van der Waals surface area contributed by atoms with Crippen molar-refractivity contribution in [1.82, 2.24) is 9.99 Å². The lowest BCUT2D eigenvalue weighted by Crippen LogP contribution is -2.17. The number of aryl methyl sites for hydroxylation is 1. The van der Waals surface area contributed by atoms with Crippen LogP contribution in [0.15, 0.2) is 137 Å². The summed E-state index contributed by atoms with van der Waals surface area (Å²) in [7, 11) is 0. The van der Waals surface area contributed by atoms with Crippen LogP contribution in [0.4, 0.5) is 0 Å². The number of nitrogens with one attached hydrogen (secondary N) is 1. The van der Waals surface area contributed by atoms with Gasteiger partial charge < -0.3 is 14.1 Å². The monoisotopic (exact) mass is 565 g/mol. The van der Waals surface area contributed by atoms with Crippen molar-refractivity contribution in [3.8, 4) is 39.5 Å². The van der Waals surface area contributed by atoms with Gasteiger partial charge in [0.05, 0.1) is 23.2 Å². The van der Waals surface area contributed by atoms with E-state index in [1.54, 1.807) is 36.4 Å². The molecule has 4 aromatic carbocycles. The van der Waals surface area contributed by atoms with Crippen molar-refractivity contribution in [3.05, 3.63) is 150 Å². The highest BCUT2D eigenvalue weighted by Crippen LogP contribution is 2.32. The molecule has 0 atom stereocenters. The topological polar surface area (TPSA) is 96.8 Å². The van der Waals surface area contributed by atoms with Gasteiger partial charge in [0.1, 0.15) is 11.5 Å². The molecule has 6 rings (SSSR count). The lowest BCUT2D eigenvalue weighted by molar-refractivity contribution is 0.0696. The van der Waals surface area contributed by atoms with Crippen LogP contribution in [-0.2, 0) is 0 Å². The molecular formula is C36H27N3O4. The van der Waals surface area contributed by atoms with E-state index in [9.17, 15) is 14.7 Å². The first-order chi connectivity index (χ1) is 21.0. The van der Waals surface area contributed by atoms with E-state index >= 15 is 0 Å². The second kappa shape index (κ2) is 11.9. The van der Waals surface area contributed by atoms with Gasteiger partial charge in [0, 0.05) is 16.8 Å². The molecule has 210 valence electrons. The van der Waals surface area contributed by atoms with Crippen LogP contribution in [0.25, 0.3) is 39.5 Å². The van der Waals surface area contributed by atoms with Crippen LogP contribution in [0.3, 0.4) is 0 Å². The smallest absolute Gasteiger partial charge is 0.335 e. The molecule has 7 nitrogen and oxygen atoms in total. The third kappa shape index (κ3) is 5.78. The number of hydrogen-bond acceptors (Lipinski definition) is 4. The predicted molar refractivity (Wildman–Crippen MR) is 168 cm³/mol. The summed E-state index contributed by atoms with van der Waals surface area (Å²) in [6, 6.07) is 40.4. The van der Waals surface area contributed by atoms with Crippen LogP contribution < -0.4 is 5.43 Å². The largest absolute Gasteiger partial charge is 0.478 e. The Balaban J connectivity index is 1.19.